The van der Waals surface area contributed by atoms with Gasteiger partial charge in [0.25, 0.3) is 11.8 Å². The van der Waals surface area contributed by atoms with E-state index in [9.17, 15) is 18.0 Å². The number of carbonyl (C=O) groups is 2. The van der Waals surface area contributed by atoms with E-state index in [0.29, 0.717) is 17.0 Å². The molecule has 0 radical (unpaired) electrons. The fourth-order valence-electron chi connectivity index (χ4n) is 3.04. The number of benzene rings is 3. The highest BCUT2D eigenvalue weighted by Crippen LogP contribution is 2.33. The predicted molar refractivity (Wildman–Crippen MR) is 146 cm³/mol. The summed E-state index contributed by atoms with van der Waals surface area (Å²) in [4.78, 5) is 24.4. The lowest BCUT2D eigenvalue weighted by molar-refractivity contribution is -0.119. The fraction of sp³-hybridized carbons (Fsp3) is 0.160. The molecule has 2 amide bonds. The van der Waals surface area contributed by atoms with Crippen molar-refractivity contribution in [2.45, 2.75) is 6.92 Å². The van der Waals surface area contributed by atoms with Gasteiger partial charge < -0.3 is 10.1 Å². The van der Waals surface area contributed by atoms with Gasteiger partial charge in [-0.15, -0.1) is 0 Å². The summed E-state index contributed by atoms with van der Waals surface area (Å²) in [5, 5.41) is 6.78. The second-order valence-corrected chi connectivity index (χ2v) is 10.6. The van der Waals surface area contributed by atoms with Crippen LogP contribution >= 0.6 is 23.2 Å². The number of hydrogen-bond donors (Lipinski definition) is 2. The molecule has 0 saturated heterocycles. The second-order valence-electron chi connectivity index (χ2n) is 7.91. The topological polar surface area (TPSA) is 117 Å². The minimum Gasteiger partial charge on any atom is -0.484 e. The number of aryl methyl sites for hydroxylation is 1. The first-order valence-electron chi connectivity index (χ1n) is 10.9. The summed E-state index contributed by atoms with van der Waals surface area (Å²) in [7, 11) is -3.83. The Hall–Kier alpha value is -3.60. The molecular weight excluding hydrogens is 539 g/mol. The summed E-state index contributed by atoms with van der Waals surface area (Å²) in [6, 6.07) is 18.6. The molecule has 0 aliphatic carbocycles. The Bertz CT molecular complexity index is 1400. The van der Waals surface area contributed by atoms with Gasteiger partial charge in [-0.2, -0.15) is 5.10 Å². The number of nitrogens with zero attached hydrogens (tertiary/aromatic N) is 2. The number of carbonyl (C=O) groups excluding carboxylic acids is 2. The van der Waals surface area contributed by atoms with Gasteiger partial charge in [0.2, 0.25) is 10.0 Å². The maximum Gasteiger partial charge on any atom is 0.262 e. The Morgan fingerprint density at radius 3 is 2.32 bits per heavy atom. The number of sulfonamides is 1. The highest BCUT2D eigenvalue weighted by Gasteiger charge is 2.23. The van der Waals surface area contributed by atoms with Crippen LogP contribution in [0.1, 0.15) is 11.1 Å². The molecule has 0 aliphatic rings. The van der Waals surface area contributed by atoms with E-state index in [-0.39, 0.29) is 28.2 Å². The molecule has 0 bridgehead atoms. The van der Waals surface area contributed by atoms with Gasteiger partial charge in [-0.25, -0.2) is 13.8 Å². The van der Waals surface area contributed by atoms with Crippen molar-refractivity contribution < 1.29 is 22.7 Å². The molecular formula is C25H24Cl2N4O5S. The zero-order valence-electron chi connectivity index (χ0n) is 19.9. The Morgan fingerprint density at radius 2 is 1.68 bits per heavy atom. The van der Waals surface area contributed by atoms with Gasteiger partial charge in [0.1, 0.15) is 12.3 Å². The third kappa shape index (κ3) is 8.49. The van der Waals surface area contributed by atoms with Crippen LogP contribution in [0.5, 0.6) is 5.75 Å². The van der Waals surface area contributed by atoms with Crippen LogP contribution in [0, 0.1) is 6.92 Å². The number of rotatable bonds is 10. The number of halogens is 2. The van der Waals surface area contributed by atoms with Crippen LogP contribution in [0.15, 0.2) is 71.8 Å². The highest BCUT2D eigenvalue weighted by molar-refractivity contribution is 7.92. The van der Waals surface area contributed by atoms with Gasteiger partial charge in [0.05, 0.1) is 28.2 Å². The average molecular weight is 563 g/mol. The number of ether oxygens (including phenoxy) is 1. The molecule has 194 valence electrons. The van der Waals surface area contributed by atoms with Gasteiger partial charge in [-0.3, -0.25) is 13.9 Å². The first-order valence-corrected chi connectivity index (χ1v) is 13.5. The SMILES string of the molecule is Cc1ccc(NC(=O)COc2ccc(/C=N/NC(=O)CN(c3cccc(Cl)c3Cl)S(C)(=O)=O)cc2)cc1. The molecule has 3 aromatic carbocycles. The summed E-state index contributed by atoms with van der Waals surface area (Å²) in [6.07, 6.45) is 2.33. The van der Waals surface area contributed by atoms with Gasteiger partial charge in [-0.05, 0) is 61.0 Å². The van der Waals surface area contributed by atoms with Crippen LogP contribution in [-0.2, 0) is 19.6 Å². The van der Waals surface area contributed by atoms with Crippen LogP contribution in [-0.4, -0.2) is 45.9 Å². The fourth-order valence-corrected chi connectivity index (χ4v) is 4.35. The second kappa shape index (κ2) is 12.6. The monoisotopic (exact) mass is 562 g/mol. The molecule has 9 nitrogen and oxygen atoms in total. The lowest BCUT2D eigenvalue weighted by Crippen LogP contribution is -2.39. The number of hydrogen-bond acceptors (Lipinski definition) is 6. The molecule has 0 saturated carbocycles. The van der Waals surface area contributed by atoms with Crippen molar-refractivity contribution in [3.63, 3.8) is 0 Å². The van der Waals surface area contributed by atoms with Crippen LogP contribution in [0.2, 0.25) is 10.0 Å². The number of nitrogens with one attached hydrogen (secondary N) is 2. The lowest BCUT2D eigenvalue weighted by Gasteiger charge is -2.22. The highest BCUT2D eigenvalue weighted by atomic mass is 35.5. The standard InChI is InChI=1S/C25H24Cl2N4O5S/c1-17-6-10-19(11-7-17)29-24(33)16-36-20-12-8-18(9-13-20)14-28-30-23(32)15-31(37(2,34)35)22-5-3-4-21(26)25(22)27/h3-14H,15-16H2,1-2H3,(H,29,33)(H,30,32)/b28-14+. The molecule has 0 aromatic heterocycles. The lowest BCUT2D eigenvalue weighted by atomic mass is 10.2. The van der Waals surface area contributed by atoms with Crippen molar-refractivity contribution >= 4 is 62.6 Å². The Kier molecular flexibility index (Phi) is 9.51. The van der Waals surface area contributed by atoms with Crippen LogP contribution in [0.4, 0.5) is 11.4 Å². The molecule has 0 aliphatic heterocycles. The molecule has 0 heterocycles. The van der Waals surface area contributed by atoms with Crippen LogP contribution < -0.4 is 19.8 Å². The minimum atomic E-state index is -3.83. The summed E-state index contributed by atoms with van der Waals surface area (Å²) in [5.41, 5.74) is 4.78. The third-order valence-electron chi connectivity index (χ3n) is 4.88. The van der Waals surface area contributed by atoms with Crippen molar-refractivity contribution in [3.05, 3.63) is 87.9 Å². The van der Waals surface area contributed by atoms with Crippen molar-refractivity contribution in [1.29, 1.82) is 0 Å². The average Bonchev–Trinajstić information content (AvgIpc) is 2.85. The van der Waals surface area contributed by atoms with E-state index in [0.717, 1.165) is 16.1 Å². The Morgan fingerprint density at radius 1 is 1.00 bits per heavy atom. The normalized spacial score (nSPS) is 11.2. The molecule has 3 rings (SSSR count). The molecule has 12 heteroatoms. The zero-order valence-corrected chi connectivity index (χ0v) is 22.3. The van der Waals surface area contributed by atoms with Crippen molar-refractivity contribution in [3.8, 4) is 5.75 Å². The Balaban J connectivity index is 1.51. The number of amides is 2. The zero-order chi connectivity index (χ0) is 27.0. The first kappa shape index (κ1) is 28.0. The molecule has 2 N–H and O–H groups in total. The van der Waals surface area contributed by atoms with E-state index in [1.165, 1.54) is 24.4 Å². The number of anilines is 2. The van der Waals surface area contributed by atoms with E-state index < -0.39 is 22.5 Å². The molecule has 3 aromatic rings. The van der Waals surface area contributed by atoms with Gasteiger partial charge in [-0.1, -0.05) is 47.0 Å². The number of hydrazone groups is 1. The van der Waals surface area contributed by atoms with E-state index >= 15 is 0 Å². The quantitative estimate of drug-likeness (QED) is 0.283. The Labute approximate surface area is 225 Å². The molecule has 0 fully saturated rings. The van der Waals surface area contributed by atoms with E-state index in [1.54, 1.807) is 24.3 Å². The van der Waals surface area contributed by atoms with E-state index in [1.807, 2.05) is 31.2 Å². The maximum absolute atomic E-state index is 12.3. The smallest absolute Gasteiger partial charge is 0.262 e. The van der Waals surface area contributed by atoms with Gasteiger partial charge in [0, 0.05) is 5.69 Å². The summed E-state index contributed by atoms with van der Waals surface area (Å²) in [5.74, 6) is -0.501. The summed E-state index contributed by atoms with van der Waals surface area (Å²) >= 11 is 12.1. The van der Waals surface area contributed by atoms with Gasteiger partial charge >= 0.3 is 0 Å². The first-order chi connectivity index (χ1) is 17.5. The third-order valence-corrected chi connectivity index (χ3v) is 6.81. The molecule has 37 heavy (non-hydrogen) atoms. The molecule has 0 spiro atoms. The minimum absolute atomic E-state index is 0.0147. The molecule has 0 unspecified atom stereocenters. The van der Waals surface area contributed by atoms with Crippen LogP contribution in [0.3, 0.4) is 0 Å². The maximum atomic E-state index is 12.3. The van der Waals surface area contributed by atoms with Crippen molar-refractivity contribution in [2.75, 3.05) is 29.0 Å². The van der Waals surface area contributed by atoms with Crippen LogP contribution in [0.25, 0.3) is 0 Å². The van der Waals surface area contributed by atoms with E-state index in [2.05, 4.69) is 15.8 Å². The largest absolute Gasteiger partial charge is 0.484 e. The summed E-state index contributed by atoms with van der Waals surface area (Å²) < 4.78 is 30.8. The van der Waals surface area contributed by atoms with E-state index in [4.69, 9.17) is 27.9 Å². The summed E-state index contributed by atoms with van der Waals surface area (Å²) in [6.45, 7) is 1.25. The van der Waals surface area contributed by atoms with Crippen molar-refractivity contribution in [1.82, 2.24) is 5.43 Å². The van der Waals surface area contributed by atoms with Crippen molar-refractivity contribution in [2.24, 2.45) is 5.10 Å². The van der Waals surface area contributed by atoms with Gasteiger partial charge in [0.15, 0.2) is 6.61 Å². The molecule has 0 atom stereocenters. The predicted octanol–water partition coefficient (Wildman–Crippen LogP) is 4.24.